The van der Waals surface area contributed by atoms with Crippen LogP contribution in [0.3, 0.4) is 0 Å². The van der Waals surface area contributed by atoms with Crippen LogP contribution in [0.2, 0.25) is 0 Å². The van der Waals surface area contributed by atoms with Crippen molar-refractivity contribution >= 4 is 53.5 Å². The summed E-state index contributed by atoms with van der Waals surface area (Å²) in [5.41, 5.74) is 7.90. The van der Waals surface area contributed by atoms with Crippen molar-refractivity contribution in [1.82, 2.24) is 5.73 Å². The molecule has 0 aromatic heterocycles. The summed E-state index contributed by atoms with van der Waals surface area (Å²) < 4.78 is 2.53. The lowest BCUT2D eigenvalue weighted by atomic mass is 10.3. The van der Waals surface area contributed by atoms with E-state index >= 15 is 0 Å². The fourth-order valence-corrected chi connectivity index (χ4v) is 2.80. The van der Waals surface area contributed by atoms with E-state index < -0.39 is 0 Å². The second-order valence-electron chi connectivity index (χ2n) is 1.74. The van der Waals surface area contributed by atoms with Crippen molar-refractivity contribution in [2.45, 2.75) is 0 Å². The molecular formula is C6H3Br3N. The van der Waals surface area contributed by atoms with E-state index in [1.807, 2.05) is 12.1 Å². The maximum absolute atomic E-state index is 7.43. The van der Waals surface area contributed by atoms with E-state index in [2.05, 4.69) is 47.8 Å². The smallest absolute Gasteiger partial charge is 0.0824 e. The van der Waals surface area contributed by atoms with E-state index in [1.165, 1.54) is 0 Å². The number of hydrogen-bond acceptors (Lipinski definition) is 0. The van der Waals surface area contributed by atoms with Crippen molar-refractivity contribution in [3.8, 4) is 0 Å². The number of rotatable bonds is 0. The Kier molecular flexibility index (Phi) is 2.77. The monoisotopic (exact) mass is 326 g/mol. The number of benzene rings is 1. The second kappa shape index (κ2) is 3.24. The van der Waals surface area contributed by atoms with E-state index in [0.717, 1.165) is 13.4 Å². The minimum absolute atomic E-state index is 0.475. The molecule has 1 rings (SSSR count). The van der Waals surface area contributed by atoms with Gasteiger partial charge in [0.05, 0.1) is 5.69 Å². The summed E-state index contributed by atoms with van der Waals surface area (Å²) >= 11 is 9.80. The molecule has 53 valence electrons. The molecule has 0 atom stereocenters. The molecule has 0 aliphatic heterocycles. The predicted molar refractivity (Wildman–Crippen MR) is 52.3 cm³/mol. The third-order valence-corrected chi connectivity index (χ3v) is 2.72. The van der Waals surface area contributed by atoms with Gasteiger partial charge in [-0.05, 0) is 44.0 Å². The quantitative estimate of drug-likeness (QED) is 0.690. The fourth-order valence-electron chi connectivity index (χ4n) is 0.542. The highest BCUT2D eigenvalue weighted by molar-refractivity contribution is 9.11. The maximum atomic E-state index is 7.43. The molecule has 1 N–H and O–H groups in total. The molecule has 1 aromatic carbocycles. The zero-order valence-electron chi connectivity index (χ0n) is 4.79. The Bertz CT molecular complexity index is 236. The molecule has 0 bridgehead atoms. The normalized spacial score (nSPS) is 9.90. The van der Waals surface area contributed by atoms with Crippen molar-refractivity contribution in [2.24, 2.45) is 0 Å². The summed E-state index contributed by atoms with van der Waals surface area (Å²) in [5, 5.41) is 0. The average Bonchev–Trinajstić information content (AvgIpc) is 1.82. The molecule has 0 saturated heterocycles. The molecule has 0 heterocycles. The lowest BCUT2D eigenvalue weighted by Gasteiger charge is -1.99. The predicted octanol–water partition coefficient (Wildman–Crippen LogP) is 3.89. The lowest BCUT2D eigenvalue weighted by Crippen LogP contribution is -1.75. The van der Waals surface area contributed by atoms with Gasteiger partial charge in [-0.25, -0.2) is 0 Å². The largest absolute Gasteiger partial charge is 0.299 e. The molecule has 1 radical (unpaired) electrons. The van der Waals surface area contributed by atoms with Crippen LogP contribution in [0, 0.1) is 0 Å². The van der Waals surface area contributed by atoms with Gasteiger partial charge in [-0.2, -0.15) is 0 Å². The van der Waals surface area contributed by atoms with Gasteiger partial charge in [0.1, 0.15) is 0 Å². The number of halogens is 3. The summed E-state index contributed by atoms with van der Waals surface area (Å²) in [7, 11) is 0. The Morgan fingerprint density at radius 1 is 1.00 bits per heavy atom. The van der Waals surface area contributed by atoms with Crippen LogP contribution < -0.4 is 5.73 Å². The summed E-state index contributed by atoms with van der Waals surface area (Å²) in [5.74, 6) is 0. The highest BCUT2D eigenvalue weighted by Crippen LogP contribution is 2.32. The first kappa shape index (κ1) is 8.56. The molecule has 4 heteroatoms. The Morgan fingerprint density at radius 3 is 1.80 bits per heavy atom. The van der Waals surface area contributed by atoms with Crippen molar-refractivity contribution in [1.29, 1.82) is 0 Å². The Morgan fingerprint density at radius 2 is 1.40 bits per heavy atom. The van der Waals surface area contributed by atoms with Crippen molar-refractivity contribution in [3.63, 3.8) is 0 Å². The van der Waals surface area contributed by atoms with Crippen molar-refractivity contribution < 1.29 is 0 Å². The Labute approximate surface area is 84.4 Å². The van der Waals surface area contributed by atoms with Crippen molar-refractivity contribution in [2.75, 3.05) is 0 Å². The highest BCUT2D eigenvalue weighted by Gasteiger charge is 2.01. The molecular weight excluding hydrogens is 326 g/mol. The van der Waals surface area contributed by atoms with Crippen LogP contribution >= 0.6 is 47.8 Å². The molecule has 0 aliphatic rings. The third-order valence-electron chi connectivity index (χ3n) is 1.01. The van der Waals surface area contributed by atoms with E-state index in [0.29, 0.717) is 5.69 Å². The van der Waals surface area contributed by atoms with Crippen molar-refractivity contribution in [3.05, 3.63) is 25.6 Å². The van der Waals surface area contributed by atoms with Gasteiger partial charge < -0.3 is 0 Å². The summed E-state index contributed by atoms with van der Waals surface area (Å²) in [6.07, 6.45) is 0. The summed E-state index contributed by atoms with van der Waals surface area (Å²) in [4.78, 5) is 0. The number of nitrogens with one attached hydrogen (secondary N) is 1. The van der Waals surface area contributed by atoms with Crippen LogP contribution in [-0.2, 0) is 0 Å². The van der Waals surface area contributed by atoms with E-state index in [1.54, 1.807) is 0 Å². The minimum Gasteiger partial charge on any atom is -0.299 e. The standard InChI is InChI=1S/C6H3Br3N/c7-3-1-4(8)6(10)5(9)2-3/h1-2,10H. The molecule has 0 saturated carbocycles. The van der Waals surface area contributed by atoms with Gasteiger partial charge >= 0.3 is 0 Å². The van der Waals surface area contributed by atoms with Gasteiger partial charge in [0, 0.05) is 13.4 Å². The molecule has 0 fully saturated rings. The first-order valence-corrected chi connectivity index (χ1v) is 4.85. The molecule has 1 aromatic rings. The maximum Gasteiger partial charge on any atom is 0.0824 e. The lowest BCUT2D eigenvalue weighted by molar-refractivity contribution is 1.41. The van der Waals surface area contributed by atoms with Crippen LogP contribution in [0.4, 0.5) is 5.69 Å². The molecule has 0 unspecified atom stereocenters. The SMILES string of the molecule is [NH]c1c(Br)cc(Br)cc1Br. The number of hydrogen-bond donors (Lipinski definition) is 0. The Hall–Kier alpha value is 0.460. The summed E-state index contributed by atoms with van der Waals surface area (Å²) in [6, 6.07) is 3.68. The molecule has 1 nitrogen and oxygen atoms in total. The minimum atomic E-state index is 0.475. The molecule has 0 amide bonds. The van der Waals surface area contributed by atoms with Gasteiger partial charge in [-0.3, -0.25) is 5.73 Å². The van der Waals surface area contributed by atoms with E-state index in [-0.39, 0.29) is 0 Å². The summed E-state index contributed by atoms with van der Waals surface area (Å²) in [6.45, 7) is 0. The molecule has 0 aliphatic carbocycles. The molecule has 10 heavy (non-hydrogen) atoms. The van der Waals surface area contributed by atoms with Gasteiger partial charge in [0.25, 0.3) is 0 Å². The fraction of sp³-hybridized carbons (Fsp3) is 0. The zero-order valence-corrected chi connectivity index (χ0v) is 9.55. The van der Waals surface area contributed by atoms with Crippen LogP contribution in [0.1, 0.15) is 0 Å². The van der Waals surface area contributed by atoms with Crippen LogP contribution in [0.25, 0.3) is 0 Å². The highest BCUT2D eigenvalue weighted by atomic mass is 79.9. The van der Waals surface area contributed by atoms with E-state index in [4.69, 9.17) is 5.73 Å². The van der Waals surface area contributed by atoms with Crippen LogP contribution in [0.15, 0.2) is 25.6 Å². The zero-order chi connectivity index (χ0) is 7.72. The first-order chi connectivity index (χ1) is 4.61. The van der Waals surface area contributed by atoms with Gasteiger partial charge in [-0.1, -0.05) is 15.9 Å². The van der Waals surface area contributed by atoms with Gasteiger partial charge in [0.2, 0.25) is 0 Å². The third kappa shape index (κ3) is 1.74. The molecule has 0 spiro atoms. The van der Waals surface area contributed by atoms with Gasteiger partial charge in [0.15, 0.2) is 0 Å². The Balaban J connectivity index is 3.31. The van der Waals surface area contributed by atoms with E-state index in [9.17, 15) is 0 Å². The average molecular weight is 329 g/mol. The van der Waals surface area contributed by atoms with Gasteiger partial charge in [-0.15, -0.1) is 0 Å². The second-order valence-corrected chi connectivity index (χ2v) is 4.37. The first-order valence-electron chi connectivity index (χ1n) is 2.47. The van der Waals surface area contributed by atoms with Crippen LogP contribution in [0.5, 0.6) is 0 Å². The van der Waals surface area contributed by atoms with Crippen LogP contribution in [-0.4, -0.2) is 0 Å². The topological polar surface area (TPSA) is 23.8 Å².